The summed E-state index contributed by atoms with van der Waals surface area (Å²) in [4.78, 5) is 39.8. The second kappa shape index (κ2) is 9.28. The Kier molecular flexibility index (Phi) is 6.95. The van der Waals surface area contributed by atoms with Crippen molar-refractivity contribution in [2.24, 2.45) is 0 Å². The molecule has 0 aliphatic carbocycles. The molecule has 1 fully saturated rings. The number of anilines is 2. The molecule has 160 valence electrons. The van der Waals surface area contributed by atoms with Gasteiger partial charge >= 0.3 is 0 Å². The lowest BCUT2D eigenvalue weighted by molar-refractivity contribution is -0.121. The van der Waals surface area contributed by atoms with Crippen LogP contribution in [0.3, 0.4) is 0 Å². The molecule has 7 nitrogen and oxygen atoms in total. The van der Waals surface area contributed by atoms with E-state index in [-0.39, 0.29) is 17.7 Å². The molecule has 1 aromatic heterocycles. The van der Waals surface area contributed by atoms with E-state index < -0.39 is 5.54 Å². The van der Waals surface area contributed by atoms with Crippen LogP contribution < -0.4 is 15.5 Å². The van der Waals surface area contributed by atoms with E-state index in [0.717, 1.165) is 15.0 Å². The lowest BCUT2D eigenvalue weighted by Gasteiger charge is -2.26. The summed E-state index contributed by atoms with van der Waals surface area (Å²) in [5, 5.41) is 5.62. The van der Waals surface area contributed by atoms with Crippen molar-refractivity contribution in [2.45, 2.75) is 32.7 Å². The molecule has 1 aliphatic heterocycles. The average Bonchev–Trinajstić information content (AvgIpc) is 3.00. The first-order valence-corrected chi connectivity index (χ1v) is 11.2. The minimum atomic E-state index is -1.11. The number of hydrogen-bond donors (Lipinski definition) is 2. The fraction of sp³-hybridized carbons (Fsp3) is 0.381. The molecule has 1 saturated heterocycles. The number of aryl methyl sites for hydroxylation is 1. The molecule has 0 spiro atoms. The smallest absolute Gasteiger partial charge is 0.262 e. The van der Waals surface area contributed by atoms with Gasteiger partial charge in [0.1, 0.15) is 5.54 Å². The van der Waals surface area contributed by atoms with Gasteiger partial charge in [0.2, 0.25) is 11.8 Å². The van der Waals surface area contributed by atoms with Gasteiger partial charge in [-0.3, -0.25) is 14.4 Å². The van der Waals surface area contributed by atoms with Crippen LogP contribution in [0.4, 0.5) is 11.4 Å². The van der Waals surface area contributed by atoms with Crippen molar-refractivity contribution in [3.8, 4) is 0 Å². The maximum atomic E-state index is 12.8. The number of hydrogen-bond acceptors (Lipinski definition) is 5. The highest BCUT2D eigenvalue weighted by molar-refractivity contribution is 9.11. The molecule has 0 atom stereocenters. The second-order valence-corrected chi connectivity index (χ2v) is 10.0. The fourth-order valence-electron chi connectivity index (χ4n) is 3.09. The van der Waals surface area contributed by atoms with Crippen LogP contribution in [0.25, 0.3) is 0 Å². The van der Waals surface area contributed by atoms with Gasteiger partial charge in [0.05, 0.1) is 28.3 Å². The Hall–Kier alpha value is -2.23. The Morgan fingerprint density at radius 3 is 2.63 bits per heavy atom. The van der Waals surface area contributed by atoms with E-state index >= 15 is 0 Å². The second-order valence-electron chi connectivity index (χ2n) is 7.55. The number of rotatable bonds is 5. The normalized spacial score (nSPS) is 14.9. The van der Waals surface area contributed by atoms with E-state index in [9.17, 15) is 14.4 Å². The van der Waals surface area contributed by atoms with Gasteiger partial charge in [0.25, 0.3) is 5.91 Å². The van der Waals surface area contributed by atoms with Crippen LogP contribution in [-0.4, -0.2) is 43.0 Å². The summed E-state index contributed by atoms with van der Waals surface area (Å²) in [5.74, 6) is -0.617. The maximum absolute atomic E-state index is 12.8. The number of nitrogens with one attached hydrogen (secondary N) is 2. The van der Waals surface area contributed by atoms with Crippen LogP contribution in [0.15, 0.2) is 34.1 Å². The van der Waals surface area contributed by atoms with Gasteiger partial charge in [0.15, 0.2) is 0 Å². The van der Waals surface area contributed by atoms with Crippen molar-refractivity contribution in [1.82, 2.24) is 5.32 Å². The number of carbonyl (C=O) groups excluding carboxylic acids is 3. The molecule has 0 unspecified atom stereocenters. The predicted molar refractivity (Wildman–Crippen MR) is 121 cm³/mol. The highest BCUT2D eigenvalue weighted by Gasteiger charge is 2.30. The topological polar surface area (TPSA) is 87.7 Å². The van der Waals surface area contributed by atoms with E-state index in [4.69, 9.17) is 4.74 Å². The Labute approximate surface area is 187 Å². The number of ether oxygens (including phenoxy) is 1. The molecule has 30 heavy (non-hydrogen) atoms. The molecule has 2 heterocycles. The molecule has 0 radical (unpaired) electrons. The zero-order valence-electron chi connectivity index (χ0n) is 17.1. The Morgan fingerprint density at radius 2 is 1.97 bits per heavy atom. The zero-order chi connectivity index (χ0) is 21.9. The minimum absolute atomic E-state index is 0.0245. The molecule has 2 aromatic rings. The Morgan fingerprint density at radius 1 is 1.20 bits per heavy atom. The lowest BCUT2D eigenvalue weighted by atomic mass is 10.0. The van der Waals surface area contributed by atoms with Crippen LogP contribution in [0.1, 0.15) is 35.5 Å². The van der Waals surface area contributed by atoms with E-state index in [2.05, 4.69) is 26.6 Å². The van der Waals surface area contributed by atoms with Crippen molar-refractivity contribution < 1.29 is 19.1 Å². The molecule has 1 aliphatic rings. The van der Waals surface area contributed by atoms with E-state index in [1.54, 1.807) is 36.9 Å². The SMILES string of the molecule is Cc1cc(NC(=O)C(C)(C)NC(=O)c2ccc(Br)s2)ccc1N1CCOCCC1=O. The molecule has 0 bridgehead atoms. The summed E-state index contributed by atoms with van der Waals surface area (Å²) in [6.07, 6.45) is 0.354. The molecular formula is C21H24BrN3O4S. The number of carbonyl (C=O) groups is 3. The van der Waals surface area contributed by atoms with E-state index in [1.165, 1.54) is 11.3 Å². The summed E-state index contributed by atoms with van der Waals surface area (Å²) < 4.78 is 6.23. The van der Waals surface area contributed by atoms with Crippen LogP contribution in [0.2, 0.25) is 0 Å². The maximum Gasteiger partial charge on any atom is 0.262 e. The van der Waals surface area contributed by atoms with Gasteiger partial charge in [-0.1, -0.05) is 0 Å². The van der Waals surface area contributed by atoms with Gasteiger partial charge in [-0.25, -0.2) is 0 Å². The summed E-state index contributed by atoms with van der Waals surface area (Å²) in [5.41, 5.74) is 1.16. The van der Waals surface area contributed by atoms with Gasteiger partial charge in [0, 0.05) is 17.9 Å². The van der Waals surface area contributed by atoms with Crippen molar-refractivity contribution in [3.63, 3.8) is 0 Å². The summed E-state index contributed by atoms with van der Waals surface area (Å²) in [6, 6.07) is 8.89. The molecule has 9 heteroatoms. The van der Waals surface area contributed by atoms with Gasteiger partial charge in [-0.05, 0) is 72.6 Å². The predicted octanol–water partition coefficient (Wildman–Crippen LogP) is 3.72. The third-order valence-corrected chi connectivity index (χ3v) is 6.38. The third kappa shape index (κ3) is 5.27. The number of halogens is 1. The fourth-order valence-corrected chi connectivity index (χ4v) is 4.38. The zero-order valence-corrected chi connectivity index (χ0v) is 19.5. The van der Waals surface area contributed by atoms with Gasteiger partial charge in [-0.15, -0.1) is 11.3 Å². The summed E-state index contributed by atoms with van der Waals surface area (Å²) in [7, 11) is 0. The van der Waals surface area contributed by atoms with Crippen molar-refractivity contribution >= 4 is 56.4 Å². The molecule has 3 rings (SSSR count). The molecule has 0 saturated carbocycles. The van der Waals surface area contributed by atoms with Crippen LogP contribution in [0.5, 0.6) is 0 Å². The highest BCUT2D eigenvalue weighted by atomic mass is 79.9. The Balaban J connectivity index is 1.69. The molecule has 2 N–H and O–H groups in total. The Bertz CT molecular complexity index is 973. The highest BCUT2D eigenvalue weighted by Crippen LogP contribution is 2.26. The molecule has 3 amide bonds. The first-order valence-electron chi connectivity index (χ1n) is 9.55. The van der Waals surface area contributed by atoms with Crippen molar-refractivity contribution in [1.29, 1.82) is 0 Å². The average molecular weight is 494 g/mol. The number of nitrogens with zero attached hydrogens (tertiary/aromatic N) is 1. The quantitative estimate of drug-likeness (QED) is 0.664. The summed E-state index contributed by atoms with van der Waals surface area (Å²) >= 11 is 4.63. The van der Waals surface area contributed by atoms with Crippen LogP contribution in [-0.2, 0) is 14.3 Å². The first kappa shape index (κ1) is 22.5. The molecule has 1 aromatic carbocycles. The van der Waals surface area contributed by atoms with Crippen LogP contribution >= 0.6 is 27.3 Å². The minimum Gasteiger partial charge on any atom is -0.379 e. The summed E-state index contributed by atoms with van der Waals surface area (Å²) in [6.45, 7) is 6.64. The number of amides is 3. The largest absolute Gasteiger partial charge is 0.379 e. The lowest BCUT2D eigenvalue weighted by Crippen LogP contribution is -2.52. The van der Waals surface area contributed by atoms with Crippen LogP contribution in [0, 0.1) is 6.92 Å². The molecular weight excluding hydrogens is 470 g/mol. The number of thiophene rings is 1. The number of benzene rings is 1. The standard InChI is InChI=1S/C21H24BrN3O4S/c1-13-12-14(4-5-15(13)25-9-11-29-10-8-18(25)26)23-20(28)21(2,3)24-19(27)16-6-7-17(22)30-16/h4-7,12H,8-11H2,1-3H3,(H,23,28)(H,24,27). The van der Waals surface area contributed by atoms with Gasteiger partial charge in [-0.2, -0.15) is 0 Å². The van der Waals surface area contributed by atoms with E-state index in [1.807, 2.05) is 19.1 Å². The third-order valence-electron chi connectivity index (χ3n) is 4.76. The first-order chi connectivity index (χ1) is 14.2. The van der Waals surface area contributed by atoms with Crippen molar-refractivity contribution in [2.75, 3.05) is 30.0 Å². The van der Waals surface area contributed by atoms with Crippen molar-refractivity contribution in [3.05, 3.63) is 44.6 Å². The van der Waals surface area contributed by atoms with E-state index in [0.29, 0.717) is 36.7 Å². The monoisotopic (exact) mass is 493 g/mol. The van der Waals surface area contributed by atoms with Gasteiger partial charge < -0.3 is 20.3 Å².